The summed E-state index contributed by atoms with van der Waals surface area (Å²) in [7, 11) is 1.71. The molecule has 0 amide bonds. The lowest BCUT2D eigenvalue weighted by atomic mass is 9.72. The van der Waals surface area contributed by atoms with Crippen molar-refractivity contribution in [3.8, 4) is 0 Å². The fourth-order valence-corrected chi connectivity index (χ4v) is 2.20. The van der Waals surface area contributed by atoms with Gasteiger partial charge >= 0.3 is 0 Å². The molecule has 2 rings (SSSR count). The van der Waals surface area contributed by atoms with E-state index in [0.29, 0.717) is 6.73 Å². The molecule has 1 aromatic rings. The number of rotatable bonds is 4. The number of methoxy groups -OCH3 is 1. The molecule has 0 aromatic heterocycles. The predicted molar refractivity (Wildman–Crippen MR) is 69.2 cm³/mol. The Balaban J connectivity index is 0.00000128. The molecule has 0 heterocycles. The first kappa shape index (κ1) is 13.8. The molecule has 0 unspecified atom stereocenters. The molecule has 2 nitrogen and oxygen atoms in total. The minimum Gasteiger partial charge on any atom is -0.370 e. The maximum absolute atomic E-state index is 5.88. The molecule has 90 valence electrons. The van der Waals surface area contributed by atoms with Gasteiger partial charge in [-0.05, 0) is 37.0 Å². The number of halogens is 2. The van der Waals surface area contributed by atoms with Crippen LogP contribution in [0.1, 0.15) is 24.8 Å². The Kier molecular flexibility index (Phi) is 5.06. The normalized spacial score (nSPS) is 17.4. The molecule has 1 fully saturated rings. The van der Waals surface area contributed by atoms with Gasteiger partial charge < -0.3 is 4.74 Å². The van der Waals surface area contributed by atoms with Crippen LogP contribution in [0, 0.1) is 0 Å². The smallest absolute Gasteiger partial charge is 0.0968 e. The van der Waals surface area contributed by atoms with Crippen molar-refractivity contribution in [2.75, 3.05) is 13.8 Å². The van der Waals surface area contributed by atoms with Crippen molar-refractivity contribution < 1.29 is 4.74 Å². The lowest BCUT2D eigenvalue weighted by Crippen LogP contribution is -2.48. The van der Waals surface area contributed by atoms with Gasteiger partial charge in [-0.1, -0.05) is 23.7 Å². The average Bonchev–Trinajstić information content (AvgIpc) is 2.19. The van der Waals surface area contributed by atoms with Crippen molar-refractivity contribution in [2.45, 2.75) is 24.8 Å². The lowest BCUT2D eigenvalue weighted by Gasteiger charge is -2.43. The highest BCUT2D eigenvalue weighted by Crippen LogP contribution is 2.41. The first-order valence-electron chi connectivity index (χ1n) is 5.27. The molecule has 4 heteroatoms. The van der Waals surface area contributed by atoms with Crippen molar-refractivity contribution in [3.05, 3.63) is 34.9 Å². The summed E-state index contributed by atoms with van der Waals surface area (Å²) in [6.45, 7) is 0.600. The summed E-state index contributed by atoms with van der Waals surface area (Å²) in [6, 6.07) is 8.10. The summed E-state index contributed by atoms with van der Waals surface area (Å²) in [5.41, 5.74) is 1.44. The summed E-state index contributed by atoms with van der Waals surface area (Å²) in [5.74, 6) is 0. The van der Waals surface area contributed by atoms with E-state index in [4.69, 9.17) is 16.3 Å². The van der Waals surface area contributed by atoms with Crippen LogP contribution < -0.4 is 5.32 Å². The van der Waals surface area contributed by atoms with Gasteiger partial charge in [0.2, 0.25) is 0 Å². The van der Waals surface area contributed by atoms with Gasteiger partial charge in [0.25, 0.3) is 0 Å². The van der Waals surface area contributed by atoms with E-state index in [0.717, 1.165) is 5.02 Å². The summed E-state index contributed by atoms with van der Waals surface area (Å²) in [5, 5.41) is 4.24. The number of hydrogen-bond donors (Lipinski definition) is 1. The third kappa shape index (κ3) is 2.69. The van der Waals surface area contributed by atoms with Gasteiger partial charge in [-0.3, -0.25) is 5.32 Å². The van der Waals surface area contributed by atoms with E-state index in [1.165, 1.54) is 24.8 Å². The molecular weight excluding hydrogens is 245 g/mol. The van der Waals surface area contributed by atoms with Crippen LogP contribution in [0.3, 0.4) is 0 Å². The Bertz CT molecular complexity index is 322. The third-order valence-corrected chi connectivity index (χ3v) is 3.41. The van der Waals surface area contributed by atoms with Gasteiger partial charge in [0.05, 0.1) is 6.73 Å². The topological polar surface area (TPSA) is 21.3 Å². The van der Waals surface area contributed by atoms with Crippen LogP contribution in [-0.2, 0) is 10.3 Å². The maximum atomic E-state index is 5.88. The lowest BCUT2D eigenvalue weighted by molar-refractivity contribution is 0.0915. The standard InChI is InChI=1S/C12H16ClNO.ClH/c1-15-9-14-12(7-2-8-12)10-3-5-11(13)6-4-10;/h3-6,14H,2,7-9H2,1H3;1H. The van der Waals surface area contributed by atoms with Gasteiger partial charge in [-0.15, -0.1) is 12.4 Å². The zero-order chi connectivity index (χ0) is 10.7. The monoisotopic (exact) mass is 261 g/mol. The van der Waals surface area contributed by atoms with Crippen LogP contribution in [0.25, 0.3) is 0 Å². The number of benzene rings is 1. The first-order valence-corrected chi connectivity index (χ1v) is 5.65. The molecule has 0 aliphatic heterocycles. The van der Waals surface area contributed by atoms with E-state index in [1.54, 1.807) is 7.11 Å². The molecule has 1 N–H and O–H groups in total. The van der Waals surface area contributed by atoms with Crippen LogP contribution >= 0.6 is 24.0 Å². The van der Waals surface area contributed by atoms with Gasteiger partial charge in [-0.2, -0.15) is 0 Å². The molecule has 1 aliphatic rings. The zero-order valence-electron chi connectivity index (χ0n) is 9.33. The van der Waals surface area contributed by atoms with Gasteiger partial charge in [0.15, 0.2) is 0 Å². The van der Waals surface area contributed by atoms with E-state index in [2.05, 4.69) is 17.4 Å². The second-order valence-corrected chi connectivity index (χ2v) is 4.49. The highest BCUT2D eigenvalue weighted by molar-refractivity contribution is 6.30. The number of ether oxygens (including phenoxy) is 1. The highest BCUT2D eigenvalue weighted by atomic mass is 35.5. The van der Waals surface area contributed by atoms with Crippen LogP contribution in [0.4, 0.5) is 0 Å². The molecule has 0 saturated heterocycles. The number of hydrogen-bond acceptors (Lipinski definition) is 2. The Hall–Kier alpha value is -0.280. The summed E-state index contributed by atoms with van der Waals surface area (Å²) >= 11 is 5.88. The highest BCUT2D eigenvalue weighted by Gasteiger charge is 2.37. The largest absolute Gasteiger partial charge is 0.370 e. The Morgan fingerprint density at radius 1 is 1.31 bits per heavy atom. The molecule has 0 spiro atoms. The molecular formula is C12H17Cl2NO. The summed E-state index contributed by atoms with van der Waals surface area (Å²) in [6.07, 6.45) is 3.63. The minimum absolute atomic E-state index is 0. The Labute approximate surface area is 108 Å². The van der Waals surface area contributed by atoms with E-state index < -0.39 is 0 Å². The summed E-state index contributed by atoms with van der Waals surface area (Å²) in [4.78, 5) is 0. The predicted octanol–water partition coefficient (Wildman–Crippen LogP) is 3.33. The fraction of sp³-hybridized carbons (Fsp3) is 0.500. The molecule has 0 atom stereocenters. The quantitative estimate of drug-likeness (QED) is 0.840. The van der Waals surface area contributed by atoms with Crippen LogP contribution in [0.5, 0.6) is 0 Å². The first-order chi connectivity index (χ1) is 7.27. The Morgan fingerprint density at radius 2 is 1.94 bits per heavy atom. The maximum Gasteiger partial charge on any atom is 0.0968 e. The van der Waals surface area contributed by atoms with E-state index in [9.17, 15) is 0 Å². The molecule has 0 radical (unpaired) electrons. The molecule has 1 saturated carbocycles. The van der Waals surface area contributed by atoms with Crippen LogP contribution in [-0.4, -0.2) is 13.8 Å². The van der Waals surface area contributed by atoms with Crippen molar-refractivity contribution >= 4 is 24.0 Å². The third-order valence-electron chi connectivity index (χ3n) is 3.16. The van der Waals surface area contributed by atoms with Crippen LogP contribution in [0.2, 0.25) is 5.02 Å². The molecule has 0 bridgehead atoms. The van der Waals surface area contributed by atoms with E-state index in [-0.39, 0.29) is 17.9 Å². The SMILES string of the molecule is COCNC1(c2ccc(Cl)cc2)CCC1.Cl. The average molecular weight is 262 g/mol. The second kappa shape index (κ2) is 5.87. The van der Waals surface area contributed by atoms with Gasteiger partial charge in [0.1, 0.15) is 0 Å². The van der Waals surface area contributed by atoms with E-state index in [1.807, 2.05) is 12.1 Å². The number of nitrogens with one attached hydrogen (secondary N) is 1. The van der Waals surface area contributed by atoms with E-state index >= 15 is 0 Å². The molecule has 16 heavy (non-hydrogen) atoms. The molecule has 1 aromatic carbocycles. The Morgan fingerprint density at radius 3 is 2.38 bits per heavy atom. The van der Waals surface area contributed by atoms with Crippen LogP contribution in [0.15, 0.2) is 24.3 Å². The van der Waals surface area contributed by atoms with Crippen molar-refractivity contribution in [1.29, 1.82) is 0 Å². The van der Waals surface area contributed by atoms with Crippen molar-refractivity contribution in [1.82, 2.24) is 5.32 Å². The van der Waals surface area contributed by atoms with Crippen molar-refractivity contribution in [3.63, 3.8) is 0 Å². The fourth-order valence-electron chi connectivity index (χ4n) is 2.08. The van der Waals surface area contributed by atoms with Crippen molar-refractivity contribution in [2.24, 2.45) is 0 Å². The molecule has 1 aliphatic carbocycles. The minimum atomic E-state index is 0. The summed E-state index contributed by atoms with van der Waals surface area (Å²) < 4.78 is 5.08. The van der Waals surface area contributed by atoms with Gasteiger partial charge in [-0.25, -0.2) is 0 Å². The second-order valence-electron chi connectivity index (χ2n) is 4.05. The van der Waals surface area contributed by atoms with Gasteiger partial charge in [0, 0.05) is 17.7 Å². The zero-order valence-corrected chi connectivity index (χ0v) is 10.9.